The lowest BCUT2D eigenvalue weighted by atomic mass is 10.0. The molecule has 28 heavy (non-hydrogen) atoms. The molecule has 0 aliphatic heterocycles. The second-order valence-corrected chi connectivity index (χ2v) is 8.85. The summed E-state index contributed by atoms with van der Waals surface area (Å²) in [6, 6.07) is 16.3. The molecule has 0 unspecified atom stereocenters. The van der Waals surface area contributed by atoms with Crippen LogP contribution in [0.25, 0.3) is 21.3 Å². The Bertz CT molecular complexity index is 1120. The summed E-state index contributed by atoms with van der Waals surface area (Å²) in [5.41, 5.74) is 3.20. The van der Waals surface area contributed by atoms with E-state index in [9.17, 15) is 0 Å². The quantitative estimate of drug-likeness (QED) is 0.354. The summed E-state index contributed by atoms with van der Waals surface area (Å²) < 4.78 is 7.01. The van der Waals surface area contributed by atoms with E-state index in [1.807, 2.05) is 38.1 Å². The van der Waals surface area contributed by atoms with Crippen molar-refractivity contribution >= 4 is 49.0 Å². The summed E-state index contributed by atoms with van der Waals surface area (Å²) in [6.07, 6.45) is 1.70. The lowest BCUT2D eigenvalue weighted by Crippen LogP contribution is -2.07. The van der Waals surface area contributed by atoms with Gasteiger partial charge in [0.25, 0.3) is 0 Å². The molecular formula is C22H20BrN3OS. The molecule has 6 heteroatoms. The third-order valence-electron chi connectivity index (χ3n) is 4.30. The molecule has 0 spiro atoms. The first-order valence-corrected chi connectivity index (χ1v) is 10.7. The highest BCUT2D eigenvalue weighted by Gasteiger charge is 2.18. The van der Waals surface area contributed by atoms with Crippen LogP contribution in [0.2, 0.25) is 0 Å². The number of benzene rings is 2. The van der Waals surface area contributed by atoms with Gasteiger partial charge in [0.05, 0.1) is 17.2 Å². The number of thiophene rings is 1. The molecule has 2 heterocycles. The Hall–Kier alpha value is -2.44. The number of rotatable bonds is 5. The van der Waals surface area contributed by atoms with E-state index in [-0.39, 0.29) is 6.10 Å². The van der Waals surface area contributed by atoms with Crippen molar-refractivity contribution in [1.29, 1.82) is 0 Å². The van der Waals surface area contributed by atoms with Crippen LogP contribution in [0.5, 0.6) is 5.75 Å². The number of nitrogens with zero attached hydrogens (tertiary/aromatic N) is 2. The fourth-order valence-electron chi connectivity index (χ4n) is 3.16. The minimum atomic E-state index is 0.0927. The summed E-state index contributed by atoms with van der Waals surface area (Å²) in [5, 5.41) is 4.51. The predicted molar refractivity (Wildman–Crippen MR) is 121 cm³/mol. The minimum absolute atomic E-state index is 0.0927. The molecule has 142 valence electrons. The van der Waals surface area contributed by atoms with Gasteiger partial charge in [-0.15, -0.1) is 11.3 Å². The van der Waals surface area contributed by atoms with Crippen LogP contribution in [0.1, 0.15) is 18.7 Å². The lowest BCUT2D eigenvalue weighted by Gasteiger charge is -2.15. The van der Waals surface area contributed by atoms with Crippen LogP contribution in [-0.2, 0) is 0 Å². The molecule has 0 aliphatic carbocycles. The molecule has 0 saturated carbocycles. The molecule has 0 atom stereocenters. The SMILES string of the molecule is Cc1sc2ncnc(Nc3ccccc3OC(C)C)c2c1-c1ccc(Br)cc1. The van der Waals surface area contributed by atoms with Crippen molar-refractivity contribution in [2.45, 2.75) is 26.9 Å². The third-order valence-corrected chi connectivity index (χ3v) is 5.84. The number of nitrogens with one attached hydrogen (secondary N) is 1. The van der Waals surface area contributed by atoms with Gasteiger partial charge in [-0.3, -0.25) is 0 Å². The highest BCUT2D eigenvalue weighted by Crippen LogP contribution is 2.42. The average Bonchev–Trinajstić information content (AvgIpc) is 3.00. The molecule has 1 N–H and O–H groups in total. The van der Waals surface area contributed by atoms with Crippen molar-refractivity contribution in [1.82, 2.24) is 9.97 Å². The van der Waals surface area contributed by atoms with Crippen molar-refractivity contribution < 1.29 is 4.74 Å². The fourth-order valence-corrected chi connectivity index (χ4v) is 4.43. The highest BCUT2D eigenvalue weighted by atomic mass is 79.9. The number of hydrogen-bond acceptors (Lipinski definition) is 5. The minimum Gasteiger partial charge on any atom is -0.489 e. The second kappa shape index (κ2) is 7.89. The first kappa shape index (κ1) is 18.9. The zero-order valence-electron chi connectivity index (χ0n) is 15.9. The standard InChI is InChI=1S/C22H20BrN3OS/c1-13(2)27-18-7-5-4-6-17(18)26-21-20-19(15-8-10-16(23)11-9-15)14(3)28-22(20)25-12-24-21/h4-13H,1-3H3,(H,24,25,26). The topological polar surface area (TPSA) is 47.0 Å². The van der Waals surface area contributed by atoms with E-state index in [1.165, 1.54) is 4.88 Å². The zero-order chi connectivity index (χ0) is 19.7. The maximum atomic E-state index is 5.95. The van der Waals surface area contributed by atoms with Crippen LogP contribution in [-0.4, -0.2) is 16.1 Å². The van der Waals surface area contributed by atoms with Gasteiger partial charge in [0.15, 0.2) is 0 Å². The Morgan fingerprint density at radius 2 is 1.79 bits per heavy atom. The van der Waals surface area contributed by atoms with Gasteiger partial charge in [0, 0.05) is 14.9 Å². The molecule has 4 nitrogen and oxygen atoms in total. The van der Waals surface area contributed by atoms with Crippen LogP contribution >= 0.6 is 27.3 Å². The van der Waals surface area contributed by atoms with Gasteiger partial charge in [-0.1, -0.05) is 40.2 Å². The van der Waals surface area contributed by atoms with E-state index in [4.69, 9.17) is 4.74 Å². The van der Waals surface area contributed by atoms with E-state index in [0.717, 1.165) is 43.1 Å². The molecule has 2 aromatic carbocycles. The summed E-state index contributed by atoms with van der Waals surface area (Å²) in [6.45, 7) is 6.17. The first-order valence-electron chi connectivity index (χ1n) is 9.05. The van der Waals surface area contributed by atoms with Crippen LogP contribution in [0.15, 0.2) is 59.3 Å². The van der Waals surface area contributed by atoms with E-state index in [0.29, 0.717) is 0 Å². The Labute approximate surface area is 176 Å². The van der Waals surface area contributed by atoms with Crippen LogP contribution in [0.4, 0.5) is 11.5 Å². The molecule has 0 amide bonds. The Morgan fingerprint density at radius 1 is 1.04 bits per heavy atom. The van der Waals surface area contributed by atoms with Gasteiger partial charge in [-0.25, -0.2) is 9.97 Å². The largest absolute Gasteiger partial charge is 0.489 e. The number of aryl methyl sites for hydroxylation is 1. The average molecular weight is 454 g/mol. The van der Waals surface area contributed by atoms with Crippen molar-refractivity contribution in [2.24, 2.45) is 0 Å². The molecule has 0 fully saturated rings. The van der Waals surface area contributed by atoms with Crippen LogP contribution in [0.3, 0.4) is 0 Å². The second-order valence-electron chi connectivity index (χ2n) is 6.73. The normalized spacial score (nSPS) is 11.2. The Kier molecular flexibility index (Phi) is 5.33. The van der Waals surface area contributed by atoms with Gasteiger partial charge in [0.1, 0.15) is 22.7 Å². The number of fused-ring (bicyclic) bond motifs is 1. The number of para-hydroxylation sites is 2. The molecule has 2 aromatic heterocycles. The van der Waals surface area contributed by atoms with Gasteiger partial charge in [-0.2, -0.15) is 0 Å². The molecule has 0 aliphatic rings. The maximum Gasteiger partial charge on any atom is 0.143 e. The number of ether oxygens (including phenoxy) is 1. The van der Waals surface area contributed by atoms with Gasteiger partial charge < -0.3 is 10.1 Å². The zero-order valence-corrected chi connectivity index (χ0v) is 18.3. The number of anilines is 2. The smallest absolute Gasteiger partial charge is 0.143 e. The summed E-state index contributed by atoms with van der Waals surface area (Å²) in [5.74, 6) is 1.59. The predicted octanol–water partition coefficient (Wildman–Crippen LogP) is 6.96. The van der Waals surface area contributed by atoms with Gasteiger partial charge in [0.2, 0.25) is 0 Å². The Morgan fingerprint density at radius 3 is 2.54 bits per heavy atom. The van der Waals surface area contributed by atoms with Crippen molar-refractivity contribution in [2.75, 3.05) is 5.32 Å². The number of halogens is 1. The molecule has 4 aromatic rings. The lowest BCUT2D eigenvalue weighted by molar-refractivity contribution is 0.244. The van der Waals surface area contributed by atoms with E-state index >= 15 is 0 Å². The number of hydrogen-bond donors (Lipinski definition) is 1. The summed E-state index contributed by atoms with van der Waals surface area (Å²) >= 11 is 5.20. The summed E-state index contributed by atoms with van der Waals surface area (Å²) in [7, 11) is 0. The van der Waals surface area contributed by atoms with Gasteiger partial charge in [-0.05, 0) is 50.6 Å². The van der Waals surface area contributed by atoms with Crippen molar-refractivity contribution in [3.63, 3.8) is 0 Å². The molecule has 4 rings (SSSR count). The molecular weight excluding hydrogens is 434 g/mol. The van der Waals surface area contributed by atoms with Crippen molar-refractivity contribution in [3.05, 3.63) is 64.2 Å². The molecule has 0 radical (unpaired) electrons. The fraction of sp³-hybridized carbons (Fsp3) is 0.182. The molecule has 0 saturated heterocycles. The van der Waals surface area contributed by atoms with E-state index in [2.05, 4.69) is 62.4 Å². The Balaban J connectivity index is 1.84. The van der Waals surface area contributed by atoms with E-state index < -0.39 is 0 Å². The molecule has 0 bridgehead atoms. The van der Waals surface area contributed by atoms with Crippen LogP contribution < -0.4 is 10.1 Å². The van der Waals surface area contributed by atoms with Crippen molar-refractivity contribution in [3.8, 4) is 16.9 Å². The monoisotopic (exact) mass is 453 g/mol. The number of aromatic nitrogens is 2. The summed E-state index contributed by atoms with van der Waals surface area (Å²) in [4.78, 5) is 11.2. The maximum absolute atomic E-state index is 5.95. The highest BCUT2D eigenvalue weighted by molar-refractivity contribution is 9.10. The van der Waals surface area contributed by atoms with E-state index in [1.54, 1.807) is 17.7 Å². The third kappa shape index (κ3) is 3.75. The first-order chi connectivity index (χ1) is 13.5. The van der Waals surface area contributed by atoms with Crippen LogP contribution in [0, 0.1) is 6.92 Å². The van der Waals surface area contributed by atoms with Gasteiger partial charge >= 0.3 is 0 Å².